The van der Waals surface area contributed by atoms with Crippen molar-refractivity contribution in [3.63, 3.8) is 0 Å². The van der Waals surface area contributed by atoms with Gasteiger partial charge in [-0.25, -0.2) is 14.3 Å². The van der Waals surface area contributed by atoms with Crippen molar-refractivity contribution in [2.24, 2.45) is 11.8 Å². The third kappa shape index (κ3) is 4.39. The van der Waals surface area contributed by atoms with Crippen molar-refractivity contribution in [2.45, 2.75) is 56.7 Å². The Labute approximate surface area is 219 Å². The van der Waals surface area contributed by atoms with E-state index in [1.54, 1.807) is 18.0 Å². The molecule has 6 atom stereocenters. The Bertz CT molecular complexity index is 1130. The number of carboxylic acids is 1. The van der Waals surface area contributed by atoms with Gasteiger partial charge in [0, 0.05) is 47.8 Å². The van der Waals surface area contributed by atoms with Gasteiger partial charge in [-0.3, -0.25) is 4.79 Å². The van der Waals surface area contributed by atoms with Crippen molar-refractivity contribution in [3.05, 3.63) is 35.5 Å². The van der Waals surface area contributed by atoms with Crippen LogP contribution in [0.3, 0.4) is 0 Å². The summed E-state index contributed by atoms with van der Waals surface area (Å²) >= 11 is 1.45. The van der Waals surface area contributed by atoms with E-state index in [9.17, 15) is 24.6 Å². The van der Waals surface area contributed by atoms with E-state index in [2.05, 4.69) is 16.6 Å². The van der Waals surface area contributed by atoms with Crippen LogP contribution in [0, 0.1) is 11.8 Å². The number of anilines is 1. The molecule has 0 bridgehead atoms. The lowest BCUT2D eigenvalue weighted by atomic mass is 9.79. The van der Waals surface area contributed by atoms with Gasteiger partial charge in [0.05, 0.1) is 30.8 Å². The number of rotatable bonds is 9. The number of aromatic nitrogens is 2. The zero-order valence-electron chi connectivity index (χ0n) is 21.0. The monoisotopic (exact) mass is 531 g/mol. The first kappa shape index (κ1) is 25.7. The molecule has 0 spiro atoms. The molecule has 2 saturated heterocycles. The van der Waals surface area contributed by atoms with Crippen LogP contribution < -0.4 is 4.90 Å². The Kier molecular flexibility index (Phi) is 6.97. The van der Waals surface area contributed by atoms with E-state index in [4.69, 9.17) is 4.74 Å². The van der Waals surface area contributed by atoms with E-state index in [0.29, 0.717) is 17.9 Å². The molecule has 11 nitrogen and oxygen atoms in total. The number of carbonyl (C=O) groups is 3. The summed E-state index contributed by atoms with van der Waals surface area (Å²) in [6.45, 7) is 10.1. The van der Waals surface area contributed by atoms with Gasteiger partial charge in [0.2, 0.25) is 5.91 Å². The van der Waals surface area contributed by atoms with Gasteiger partial charge in [-0.1, -0.05) is 19.6 Å². The van der Waals surface area contributed by atoms with Gasteiger partial charge < -0.3 is 29.6 Å². The molecule has 0 radical (unpaired) electrons. The van der Waals surface area contributed by atoms with E-state index in [1.165, 1.54) is 22.7 Å². The number of hydrogen-bond acceptors (Lipinski definition) is 8. The molecule has 200 valence electrons. The number of thioether (sulfide) groups is 1. The summed E-state index contributed by atoms with van der Waals surface area (Å²) < 4.78 is 7.33. The number of hydrogen-bond donors (Lipinski definition) is 2. The number of aliphatic hydroxyl groups is 1. The molecule has 1 aromatic rings. The third-order valence-corrected chi connectivity index (χ3v) is 9.37. The average molecular weight is 532 g/mol. The number of likely N-dealkylation sites (tertiary alicyclic amines) is 1. The van der Waals surface area contributed by atoms with Crippen molar-refractivity contribution in [3.8, 4) is 0 Å². The van der Waals surface area contributed by atoms with Crippen LogP contribution in [-0.4, -0.2) is 97.4 Å². The number of ether oxygens (including phenoxy) is 1. The van der Waals surface area contributed by atoms with E-state index in [0.717, 1.165) is 31.9 Å². The Morgan fingerprint density at radius 1 is 1.38 bits per heavy atom. The Morgan fingerprint density at radius 3 is 2.86 bits per heavy atom. The van der Waals surface area contributed by atoms with Crippen LogP contribution in [0.2, 0.25) is 0 Å². The number of carbonyl (C=O) groups excluding carboxylic acids is 2. The minimum atomic E-state index is -1.14. The van der Waals surface area contributed by atoms with Crippen LogP contribution in [0.4, 0.5) is 10.6 Å². The maximum absolute atomic E-state index is 12.9. The highest BCUT2D eigenvalue weighted by atomic mass is 32.2. The molecule has 2 fully saturated rings. The molecule has 0 saturated carbocycles. The Balaban J connectivity index is 1.32. The fourth-order valence-electron chi connectivity index (χ4n) is 6.16. The van der Waals surface area contributed by atoms with Crippen molar-refractivity contribution in [2.75, 3.05) is 31.1 Å². The number of aliphatic hydroxyl groups excluding tert-OH is 1. The largest absolute Gasteiger partial charge is 0.477 e. The van der Waals surface area contributed by atoms with Crippen LogP contribution in [0.1, 0.15) is 26.7 Å². The molecule has 5 heterocycles. The topological polar surface area (TPSA) is 128 Å². The maximum atomic E-state index is 12.9. The van der Waals surface area contributed by atoms with Crippen LogP contribution in [0.15, 0.2) is 35.5 Å². The molecule has 4 aliphatic heterocycles. The first-order chi connectivity index (χ1) is 17.7. The van der Waals surface area contributed by atoms with Gasteiger partial charge in [-0.2, -0.15) is 5.10 Å². The minimum absolute atomic E-state index is 0.0129. The van der Waals surface area contributed by atoms with Gasteiger partial charge in [0.25, 0.3) is 0 Å². The highest BCUT2D eigenvalue weighted by molar-refractivity contribution is 8.03. The fraction of sp³-hybridized carbons (Fsp3) is 0.600. The SMILES string of the molecule is C=CCOC(=O)N1C[C@@H](SC2=C(C(=O)O)N3C(=O)[C@H]([C@@H](C)O)[C@H]3[C@H]2C)C[C@H]1CCN1CCn2nccc21. The molecule has 1 aromatic heterocycles. The van der Waals surface area contributed by atoms with Crippen LogP contribution in [0.25, 0.3) is 0 Å². The third-order valence-electron chi connectivity index (χ3n) is 7.87. The lowest BCUT2D eigenvalue weighted by Gasteiger charge is -2.46. The van der Waals surface area contributed by atoms with E-state index in [1.807, 2.05) is 17.7 Å². The molecule has 12 heteroatoms. The molecule has 0 unspecified atom stereocenters. The number of nitrogens with zero attached hydrogens (tertiary/aromatic N) is 5. The minimum Gasteiger partial charge on any atom is -0.477 e. The standard InChI is InChI=1S/C25H33N5O6S/c1-4-11-36-25(35)28-13-17(12-16(28)6-8-27-9-10-29-18(27)5-7-26-29)37-22-14(2)20-19(15(3)31)23(32)30(20)21(22)24(33)34/h4-5,7,14-17,19-20,31H,1,6,8-13H2,2-3H3,(H,33,34)/t14-,15-,16-,17+,19-,20-/m1/s1. The number of carboxylic acid groups (broad SMARTS) is 1. The Morgan fingerprint density at radius 2 is 2.16 bits per heavy atom. The number of amides is 2. The van der Waals surface area contributed by atoms with Crippen molar-refractivity contribution < 1.29 is 29.3 Å². The summed E-state index contributed by atoms with van der Waals surface area (Å²) in [5.74, 6) is -1.22. The quantitative estimate of drug-likeness (QED) is 0.362. The molecule has 4 aliphatic rings. The van der Waals surface area contributed by atoms with E-state index < -0.39 is 24.1 Å². The van der Waals surface area contributed by atoms with E-state index in [-0.39, 0.29) is 41.5 Å². The van der Waals surface area contributed by atoms with Gasteiger partial charge in [-0.15, -0.1) is 11.8 Å². The molecular weight excluding hydrogens is 498 g/mol. The van der Waals surface area contributed by atoms with Gasteiger partial charge in [-0.05, 0) is 19.8 Å². The van der Waals surface area contributed by atoms with Gasteiger partial charge in [0.1, 0.15) is 18.1 Å². The van der Waals surface area contributed by atoms with Crippen LogP contribution in [-0.2, 0) is 20.9 Å². The highest BCUT2D eigenvalue weighted by Crippen LogP contribution is 2.52. The second-order valence-electron chi connectivity index (χ2n) is 10.1. The number of fused-ring (bicyclic) bond motifs is 2. The van der Waals surface area contributed by atoms with Gasteiger partial charge >= 0.3 is 12.1 Å². The molecule has 5 rings (SSSR count). The summed E-state index contributed by atoms with van der Waals surface area (Å²) in [7, 11) is 0. The molecular formula is C25H33N5O6S. The van der Waals surface area contributed by atoms with E-state index >= 15 is 0 Å². The summed E-state index contributed by atoms with van der Waals surface area (Å²) in [4.78, 5) is 43.7. The summed E-state index contributed by atoms with van der Waals surface area (Å²) in [6.07, 6.45) is 3.49. The zero-order chi connectivity index (χ0) is 26.4. The molecule has 37 heavy (non-hydrogen) atoms. The highest BCUT2D eigenvalue weighted by Gasteiger charge is 2.60. The molecule has 0 aliphatic carbocycles. The van der Waals surface area contributed by atoms with Crippen molar-refractivity contribution in [1.82, 2.24) is 19.6 Å². The van der Waals surface area contributed by atoms with Gasteiger partial charge in [0.15, 0.2) is 0 Å². The normalized spacial score (nSPS) is 29.3. The summed E-state index contributed by atoms with van der Waals surface area (Å²) in [5, 5.41) is 24.3. The van der Waals surface area contributed by atoms with Crippen LogP contribution >= 0.6 is 11.8 Å². The first-order valence-electron chi connectivity index (χ1n) is 12.7. The number of β-lactam (4-membered cyclic amide) rings is 1. The molecule has 0 aromatic carbocycles. The second kappa shape index (κ2) is 10.1. The zero-order valence-corrected chi connectivity index (χ0v) is 21.8. The van der Waals surface area contributed by atoms with Crippen molar-refractivity contribution >= 4 is 35.5 Å². The summed E-state index contributed by atoms with van der Waals surface area (Å²) in [5.41, 5.74) is 0.0129. The molecule has 2 N–H and O–H groups in total. The predicted molar refractivity (Wildman–Crippen MR) is 137 cm³/mol. The first-order valence-corrected chi connectivity index (χ1v) is 13.6. The predicted octanol–water partition coefficient (Wildman–Crippen LogP) is 1.75. The summed E-state index contributed by atoms with van der Waals surface area (Å²) in [6, 6.07) is 1.57. The van der Waals surface area contributed by atoms with Crippen molar-refractivity contribution in [1.29, 1.82) is 0 Å². The smallest absolute Gasteiger partial charge is 0.410 e. The maximum Gasteiger partial charge on any atom is 0.410 e. The lowest BCUT2D eigenvalue weighted by Crippen LogP contribution is -2.63. The van der Waals surface area contributed by atoms with Crippen LogP contribution in [0.5, 0.6) is 0 Å². The Hall–Kier alpha value is -2.99. The lowest BCUT2D eigenvalue weighted by molar-refractivity contribution is -0.163. The average Bonchev–Trinajstić information content (AvgIpc) is 3.60. The fourth-order valence-corrected chi connectivity index (χ4v) is 7.72. The second-order valence-corrected chi connectivity index (χ2v) is 11.4. The molecule has 2 amide bonds. The number of aliphatic carboxylic acids is 1.